The molecule has 0 atom stereocenters. The maximum Gasteiger partial charge on any atom is 0.273 e. The molecule has 2 heterocycles. The first-order valence-corrected chi connectivity index (χ1v) is 6.10. The molecule has 1 aromatic carbocycles. The summed E-state index contributed by atoms with van der Waals surface area (Å²) in [6.07, 6.45) is 6.49. The highest BCUT2D eigenvalue weighted by Gasteiger charge is 2.10. The van der Waals surface area contributed by atoms with Crippen LogP contribution in [-0.2, 0) is 7.05 Å². The minimum atomic E-state index is -0.188. The fourth-order valence-electron chi connectivity index (χ4n) is 1.95. The van der Waals surface area contributed by atoms with Gasteiger partial charge in [-0.1, -0.05) is 12.1 Å². The van der Waals surface area contributed by atoms with Crippen LogP contribution < -0.4 is 5.32 Å². The highest BCUT2D eigenvalue weighted by Crippen LogP contribution is 2.20. The molecule has 0 saturated heterocycles. The monoisotopic (exact) mass is 267 g/mol. The number of anilines is 1. The van der Waals surface area contributed by atoms with E-state index in [1.165, 1.54) is 6.20 Å². The zero-order valence-electron chi connectivity index (χ0n) is 10.9. The Morgan fingerprint density at radius 3 is 2.90 bits per heavy atom. The molecule has 100 valence electrons. The van der Waals surface area contributed by atoms with Crippen molar-refractivity contribution in [2.75, 3.05) is 5.32 Å². The lowest BCUT2D eigenvalue weighted by atomic mass is 10.1. The minimum Gasteiger partial charge on any atom is -0.345 e. The average Bonchev–Trinajstić information content (AvgIpc) is 3.09. The van der Waals surface area contributed by atoms with Crippen molar-refractivity contribution in [3.05, 3.63) is 55.0 Å². The third-order valence-corrected chi connectivity index (χ3v) is 2.98. The van der Waals surface area contributed by atoms with Gasteiger partial charge in [0.25, 0.3) is 5.91 Å². The molecular weight excluding hydrogens is 254 g/mol. The summed E-state index contributed by atoms with van der Waals surface area (Å²) in [5, 5.41) is 2.85. The van der Waals surface area contributed by atoms with Crippen LogP contribution in [0.3, 0.4) is 0 Å². The molecule has 3 aromatic rings. The van der Waals surface area contributed by atoms with E-state index in [1.807, 2.05) is 24.3 Å². The number of amides is 1. The second-order valence-corrected chi connectivity index (χ2v) is 4.39. The van der Waals surface area contributed by atoms with Crippen LogP contribution in [0.25, 0.3) is 11.3 Å². The number of nitrogens with zero attached hydrogens (tertiary/aromatic N) is 3. The normalized spacial score (nSPS) is 10.4. The first kappa shape index (κ1) is 12.2. The summed E-state index contributed by atoms with van der Waals surface area (Å²) in [6.45, 7) is 0. The second kappa shape index (κ2) is 5.00. The summed E-state index contributed by atoms with van der Waals surface area (Å²) in [7, 11) is 1.78. The SMILES string of the molecule is Cn1cncc1C(=O)Nc1cccc(-c2cnc[nH]2)c1. The molecule has 0 spiro atoms. The van der Waals surface area contributed by atoms with Crippen molar-refractivity contribution in [1.29, 1.82) is 0 Å². The minimum absolute atomic E-state index is 0.188. The zero-order chi connectivity index (χ0) is 13.9. The van der Waals surface area contributed by atoms with Gasteiger partial charge in [-0.2, -0.15) is 0 Å². The van der Waals surface area contributed by atoms with Gasteiger partial charge in [-0.3, -0.25) is 4.79 Å². The maximum absolute atomic E-state index is 12.1. The van der Waals surface area contributed by atoms with Gasteiger partial charge in [0.2, 0.25) is 0 Å². The Morgan fingerprint density at radius 2 is 2.20 bits per heavy atom. The Morgan fingerprint density at radius 1 is 1.30 bits per heavy atom. The van der Waals surface area contributed by atoms with E-state index in [4.69, 9.17) is 0 Å². The molecule has 20 heavy (non-hydrogen) atoms. The van der Waals surface area contributed by atoms with Gasteiger partial charge < -0.3 is 14.9 Å². The Balaban J connectivity index is 1.83. The van der Waals surface area contributed by atoms with Gasteiger partial charge in [0.15, 0.2) is 0 Å². The van der Waals surface area contributed by atoms with E-state index in [1.54, 1.807) is 30.5 Å². The number of aromatic nitrogens is 4. The summed E-state index contributed by atoms with van der Waals surface area (Å²) < 4.78 is 1.67. The number of H-pyrrole nitrogens is 1. The van der Waals surface area contributed by atoms with E-state index in [0.29, 0.717) is 5.69 Å². The van der Waals surface area contributed by atoms with Crippen molar-refractivity contribution in [2.24, 2.45) is 7.05 Å². The first-order valence-electron chi connectivity index (χ1n) is 6.10. The molecule has 1 amide bonds. The predicted molar refractivity (Wildman–Crippen MR) is 75.2 cm³/mol. The van der Waals surface area contributed by atoms with Crippen molar-refractivity contribution in [1.82, 2.24) is 19.5 Å². The van der Waals surface area contributed by atoms with Gasteiger partial charge >= 0.3 is 0 Å². The molecule has 6 nitrogen and oxygen atoms in total. The van der Waals surface area contributed by atoms with Crippen LogP contribution in [0, 0.1) is 0 Å². The molecular formula is C14H13N5O. The van der Waals surface area contributed by atoms with Crippen molar-refractivity contribution in [3.8, 4) is 11.3 Å². The van der Waals surface area contributed by atoms with Crippen molar-refractivity contribution in [2.45, 2.75) is 0 Å². The van der Waals surface area contributed by atoms with E-state index in [2.05, 4.69) is 20.3 Å². The smallest absolute Gasteiger partial charge is 0.273 e. The van der Waals surface area contributed by atoms with Gasteiger partial charge in [0.1, 0.15) is 5.69 Å². The van der Waals surface area contributed by atoms with Crippen LogP contribution in [0.2, 0.25) is 0 Å². The van der Waals surface area contributed by atoms with Crippen LogP contribution in [0.4, 0.5) is 5.69 Å². The van der Waals surface area contributed by atoms with Gasteiger partial charge in [-0.25, -0.2) is 9.97 Å². The third-order valence-electron chi connectivity index (χ3n) is 2.98. The number of aromatic amines is 1. The maximum atomic E-state index is 12.1. The number of benzene rings is 1. The van der Waals surface area contributed by atoms with E-state index >= 15 is 0 Å². The standard InChI is InChI=1S/C14H13N5O/c1-19-9-16-7-13(19)14(20)18-11-4-2-3-10(5-11)12-6-15-8-17-12/h2-9H,1H3,(H,15,17)(H,18,20). The zero-order valence-corrected chi connectivity index (χ0v) is 10.9. The van der Waals surface area contributed by atoms with Crippen molar-refractivity contribution < 1.29 is 4.79 Å². The number of imidazole rings is 2. The number of hydrogen-bond donors (Lipinski definition) is 2. The van der Waals surface area contributed by atoms with Crippen molar-refractivity contribution >= 4 is 11.6 Å². The van der Waals surface area contributed by atoms with Crippen LogP contribution in [0.1, 0.15) is 10.5 Å². The van der Waals surface area contributed by atoms with Crippen LogP contribution >= 0.6 is 0 Å². The van der Waals surface area contributed by atoms with E-state index in [9.17, 15) is 4.79 Å². The molecule has 2 N–H and O–H groups in total. The number of carbonyl (C=O) groups is 1. The van der Waals surface area contributed by atoms with Gasteiger partial charge in [0.05, 0.1) is 30.7 Å². The number of nitrogens with one attached hydrogen (secondary N) is 2. The molecule has 3 rings (SSSR count). The number of rotatable bonds is 3. The molecule has 0 fully saturated rings. The summed E-state index contributed by atoms with van der Waals surface area (Å²) in [4.78, 5) is 23.1. The third kappa shape index (κ3) is 2.31. The first-order chi connectivity index (χ1) is 9.74. The fourth-order valence-corrected chi connectivity index (χ4v) is 1.95. The van der Waals surface area contributed by atoms with Gasteiger partial charge in [-0.15, -0.1) is 0 Å². The van der Waals surface area contributed by atoms with Crippen LogP contribution in [0.15, 0.2) is 49.3 Å². The number of carbonyl (C=O) groups excluding carboxylic acids is 1. The molecule has 0 bridgehead atoms. The quantitative estimate of drug-likeness (QED) is 0.762. The second-order valence-electron chi connectivity index (χ2n) is 4.39. The fraction of sp³-hybridized carbons (Fsp3) is 0.0714. The Bertz CT molecular complexity index is 730. The Hall–Kier alpha value is -2.89. The number of hydrogen-bond acceptors (Lipinski definition) is 3. The molecule has 0 aliphatic rings. The average molecular weight is 267 g/mol. The Kier molecular flexibility index (Phi) is 3.04. The molecule has 0 aliphatic heterocycles. The van der Waals surface area contributed by atoms with Crippen LogP contribution in [-0.4, -0.2) is 25.4 Å². The van der Waals surface area contributed by atoms with Crippen molar-refractivity contribution in [3.63, 3.8) is 0 Å². The van der Waals surface area contributed by atoms with Crippen LogP contribution in [0.5, 0.6) is 0 Å². The summed E-state index contributed by atoms with van der Waals surface area (Å²) in [6, 6.07) is 7.57. The molecule has 0 unspecified atom stereocenters. The summed E-state index contributed by atoms with van der Waals surface area (Å²) in [5.74, 6) is -0.188. The lowest BCUT2D eigenvalue weighted by molar-refractivity contribution is 0.101. The molecule has 6 heteroatoms. The lowest BCUT2D eigenvalue weighted by Gasteiger charge is -2.07. The molecule has 0 saturated carbocycles. The Labute approximate surface area is 115 Å². The van der Waals surface area contributed by atoms with E-state index in [0.717, 1.165) is 16.9 Å². The van der Waals surface area contributed by atoms with E-state index < -0.39 is 0 Å². The van der Waals surface area contributed by atoms with Gasteiger partial charge in [-0.05, 0) is 12.1 Å². The predicted octanol–water partition coefficient (Wildman–Crippen LogP) is 2.06. The topological polar surface area (TPSA) is 75.6 Å². The highest BCUT2D eigenvalue weighted by molar-refractivity contribution is 6.03. The number of aryl methyl sites for hydroxylation is 1. The lowest BCUT2D eigenvalue weighted by Crippen LogP contribution is -2.15. The molecule has 2 aromatic heterocycles. The molecule has 0 radical (unpaired) electrons. The highest BCUT2D eigenvalue weighted by atomic mass is 16.1. The largest absolute Gasteiger partial charge is 0.345 e. The molecule has 0 aliphatic carbocycles. The van der Waals surface area contributed by atoms with Gasteiger partial charge in [0, 0.05) is 18.3 Å². The van der Waals surface area contributed by atoms with E-state index in [-0.39, 0.29) is 5.91 Å². The summed E-state index contributed by atoms with van der Waals surface area (Å²) in [5.41, 5.74) is 3.10. The summed E-state index contributed by atoms with van der Waals surface area (Å²) >= 11 is 0.